The van der Waals surface area contributed by atoms with E-state index < -0.39 is 29.7 Å². The maximum atomic E-state index is 12.9. The molecule has 2 saturated heterocycles. The van der Waals surface area contributed by atoms with Crippen molar-refractivity contribution >= 4 is 29.7 Å². The zero-order valence-corrected chi connectivity index (χ0v) is 18.2. The second-order valence-electron chi connectivity index (χ2n) is 8.83. The molecule has 0 aromatic heterocycles. The van der Waals surface area contributed by atoms with Gasteiger partial charge in [-0.05, 0) is 55.7 Å². The molecule has 1 aromatic rings. The molecule has 1 unspecified atom stereocenters. The standard InChI is InChI=1S/C23H28N4O5/c1-14-8-11-26(12-9-14)23(32)24-10-2-3-15-4-5-16-17(13-15)22(31)27(21(16)30)18-6-7-19(28)25-20(18)29/h4-5,13-14,18H,2-3,6-12H2,1H3,(H,24,32)(H,25,28,29). The first kappa shape index (κ1) is 22.0. The molecule has 4 rings (SSSR count). The molecule has 9 nitrogen and oxygen atoms in total. The SMILES string of the molecule is CC1CCN(C(=O)NCCCc2ccc3c(c2)C(=O)N(C2CCC(=O)NC2=O)C3=O)CC1. The topological polar surface area (TPSA) is 116 Å². The van der Waals surface area contributed by atoms with Crippen LogP contribution in [-0.2, 0) is 16.0 Å². The van der Waals surface area contributed by atoms with Crippen LogP contribution in [0.4, 0.5) is 4.79 Å². The largest absolute Gasteiger partial charge is 0.338 e. The highest BCUT2D eigenvalue weighted by molar-refractivity contribution is 6.23. The number of nitrogens with zero attached hydrogens (tertiary/aromatic N) is 2. The van der Waals surface area contributed by atoms with Crippen LogP contribution in [0.15, 0.2) is 18.2 Å². The van der Waals surface area contributed by atoms with E-state index in [1.165, 1.54) is 0 Å². The van der Waals surface area contributed by atoms with Gasteiger partial charge in [0.05, 0.1) is 11.1 Å². The van der Waals surface area contributed by atoms with Gasteiger partial charge in [0.2, 0.25) is 11.8 Å². The zero-order chi connectivity index (χ0) is 22.8. The first-order valence-corrected chi connectivity index (χ1v) is 11.2. The number of hydrogen-bond acceptors (Lipinski definition) is 5. The lowest BCUT2D eigenvalue weighted by atomic mass is 10.00. The van der Waals surface area contributed by atoms with E-state index in [4.69, 9.17) is 0 Å². The lowest BCUT2D eigenvalue weighted by molar-refractivity contribution is -0.136. The Morgan fingerprint density at radius 3 is 2.50 bits per heavy atom. The van der Waals surface area contributed by atoms with E-state index in [0.29, 0.717) is 25.3 Å². The number of imide groups is 2. The molecule has 0 spiro atoms. The van der Waals surface area contributed by atoms with Crippen molar-refractivity contribution in [2.24, 2.45) is 5.92 Å². The van der Waals surface area contributed by atoms with E-state index >= 15 is 0 Å². The number of rotatable bonds is 5. The molecule has 3 heterocycles. The number of carbonyl (C=O) groups is 5. The van der Waals surface area contributed by atoms with E-state index in [1.807, 2.05) is 4.90 Å². The first-order valence-electron chi connectivity index (χ1n) is 11.2. The van der Waals surface area contributed by atoms with Crippen LogP contribution in [0.3, 0.4) is 0 Å². The predicted molar refractivity (Wildman–Crippen MR) is 115 cm³/mol. The zero-order valence-electron chi connectivity index (χ0n) is 18.2. The van der Waals surface area contributed by atoms with Gasteiger partial charge in [0.1, 0.15) is 6.04 Å². The molecule has 3 aliphatic rings. The number of hydrogen-bond donors (Lipinski definition) is 2. The number of amides is 6. The molecular formula is C23H28N4O5. The molecule has 1 atom stereocenters. The number of carbonyl (C=O) groups excluding carboxylic acids is 5. The van der Waals surface area contributed by atoms with E-state index in [2.05, 4.69) is 17.6 Å². The summed E-state index contributed by atoms with van der Waals surface area (Å²) in [6.07, 6.45) is 3.64. The fourth-order valence-electron chi connectivity index (χ4n) is 4.48. The Hall–Kier alpha value is -3.23. The summed E-state index contributed by atoms with van der Waals surface area (Å²) in [4.78, 5) is 64.2. The van der Waals surface area contributed by atoms with Crippen molar-refractivity contribution < 1.29 is 24.0 Å². The van der Waals surface area contributed by atoms with E-state index in [1.54, 1.807) is 18.2 Å². The van der Waals surface area contributed by atoms with Gasteiger partial charge in [0, 0.05) is 26.1 Å². The molecule has 2 N–H and O–H groups in total. The number of likely N-dealkylation sites (tertiary alicyclic amines) is 1. The Morgan fingerprint density at radius 2 is 1.78 bits per heavy atom. The third-order valence-corrected chi connectivity index (χ3v) is 6.49. The van der Waals surface area contributed by atoms with Crippen molar-refractivity contribution in [1.29, 1.82) is 0 Å². The summed E-state index contributed by atoms with van der Waals surface area (Å²) in [7, 11) is 0. The van der Waals surface area contributed by atoms with Crippen LogP contribution in [0.25, 0.3) is 0 Å². The monoisotopic (exact) mass is 440 g/mol. The summed E-state index contributed by atoms with van der Waals surface area (Å²) >= 11 is 0. The number of aryl methyl sites for hydroxylation is 1. The van der Waals surface area contributed by atoms with Crippen molar-refractivity contribution in [3.05, 3.63) is 34.9 Å². The van der Waals surface area contributed by atoms with Gasteiger partial charge in [-0.3, -0.25) is 29.4 Å². The summed E-state index contributed by atoms with van der Waals surface area (Å²) in [5.41, 5.74) is 1.44. The average molecular weight is 441 g/mol. The smallest absolute Gasteiger partial charge is 0.317 e. The minimum absolute atomic E-state index is 0.0356. The minimum Gasteiger partial charge on any atom is -0.338 e. The highest BCUT2D eigenvalue weighted by Crippen LogP contribution is 2.28. The number of fused-ring (bicyclic) bond motifs is 1. The molecule has 32 heavy (non-hydrogen) atoms. The molecule has 3 aliphatic heterocycles. The van der Waals surface area contributed by atoms with Gasteiger partial charge in [0.15, 0.2) is 0 Å². The second kappa shape index (κ2) is 9.10. The van der Waals surface area contributed by atoms with E-state index in [9.17, 15) is 24.0 Å². The van der Waals surface area contributed by atoms with Gasteiger partial charge >= 0.3 is 6.03 Å². The Kier molecular flexibility index (Phi) is 6.25. The Labute approximate surface area is 186 Å². The second-order valence-corrected chi connectivity index (χ2v) is 8.83. The molecule has 9 heteroatoms. The number of nitrogens with one attached hydrogen (secondary N) is 2. The summed E-state index contributed by atoms with van der Waals surface area (Å²) < 4.78 is 0. The molecule has 1 aromatic carbocycles. The van der Waals surface area contributed by atoms with Gasteiger partial charge < -0.3 is 10.2 Å². The van der Waals surface area contributed by atoms with Crippen LogP contribution in [0.1, 0.15) is 65.3 Å². The Balaban J connectivity index is 1.32. The lowest BCUT2D eigenvalue weighted by Gasteiger charge is -2.30. The highest BCUT2D eigenvalue weighted by atomic mass is 16.2. The van der Waals surface area contributed by atoms with Crippen LogP contribution in [0, 0.1) is 5.92 Å². The molecule has 0 saturated carbocycles. The van der Waals surface area contributed by atoms with Crippen molar-refractivity contribution in [3.63, 3.8) is 0 Å². The Morgan fingerprint density at radius 1 is 1.06 bits per heavy atom. The fourth-order valence-corrected chi connectivity index (χ4v) is 4.48. The third-order valence-electron chi connectivity index (χ3n) is 6.49. The van der Waals surface area contributed by atoms with Gasteiger partial charge in [-0.15, -0.1) is 0 Å². The maximum absolute atomic E-state index is 12.9. The highest BCUT2D eigenvalue weighted by Gasteiger charge is 2.44. The van der Waals surface area contributed by atoms with Crippen LogP contribution >= 0.6 is 0 Å². The maximum Gasteiger partial charge on any atom is 0.317 e. The number of urea groups is 1. The lowest BCUT2D eigenvalue weighted by Crippen LogP contribution is -2.54. The van der Waals surface area contributed by atoms with Crippen molar-refractivity contribution in [1.82, 2.24) is 20.4 Å². The first-order chi connectivity index (χ1) is 15.3. The van der Waals surface area contributed by atoms with Crippen molar-refractivity contribution in [3.8, 4) is 0 Å². The quantitative estimate of drug-likeness (QED) is 0.531. The molecule has 2 fully saturated rings. The van der Waals surface area contributed by atoms with Gasteiger partial charge in [-0.1, -0.05) is 13.0 Å². The normalized spacial score (nSPS) is 21.6. The van der Waals surface area contributed by atoms with E-state index in [-0.39, 0.29) is 30.0 Å². The van der Waals surface area contributed by atoms with E-state index in [0.717, 1.165) is 36.4 Å². The van der Waals surface area contributed by atoms with Crippen LogP contribution in [0.2, 0.25) is 0 Å². The summed E-state index contributed by atoms with van der Waals surface area (Å²) in [6.45, 7) is 4.31. The van der Waals surface area contributed by atoms with Crippen molar-refractivity contribution in [2.45, 2.75) is 51.5 Å². The van der Waals surface area contributed by atoms with Crippen LogP contribution < -0.4 is 10.6 Å². The fraction of sp³-hybridized carbons (Fsp3) is 0.522. The molecule has 0 bridgehead atoms. The molecule has 6 amide bonds. The minimum atomic E-state index is -0.962. The molecule has 0 radical (unpaired) electrons. The predicted octanol–water partition coefficient (Wildman–Crippen LogP) is 1.46. The number of piperidine rings is 2. The Bertz CT molecular complexity index is 967. The average Bonchev–Trinajstić information content (AvgIpc) is 3.01. The molecular weight excluding hydrogens is 412 g/mol. The molecule has 170 valence electrons. The molecule has 0 aliphatic carbocycles. The summed E-state index contributed by atoms with van der Waals surface area (Å²) in [6, 6.07) is 4.11. The van der Waals surface area contributed by atoms with Gasteiger partial charge in [-0.2, -0.15) is 0 Å². The van der Waals surface area contributed by atoms with Crippen LogP contribution in [-0.4, -0.2) is 65.1 Å². The van der Waals surface area contributed by atoms with Gasteiger partial charge in [0.25, 0.3) is 11.8 Å². The number of benzene rings is 1. The van der Waals surface area contributed by atoms with Gasteiger partial charge in [-0.25, -0.2) is 4.79 Å². The summed E-state index contributed by atoms with van der Waals surface area (Å²) in [5, 5.41) is 5.14. The van der Waals surface area contributed by atoms with Crippen molar-refractivity contribution in [2.75, 3.05) is 19.6 Å². The summed E-state index contributed by atoms with van der Waals surface area (Å²) in [5.74, 6) is -1.36. The van der Waals surface area contributed by atoms with Crippen LogP contribution in [0.5, 0.6) is 0 Å². The third kappa shape index (κ3) is 4.37.